The van der Waals surface area contributed by atoms with E-state index in [9.17, 15) is 0 Å². The Kier molecular flexibility index (Phi) is 4.88. The smallest absolute Gasteiger partial charge is 0.137 e. The number of nitrogens with two attached hydrogens (primary N) is 1. The fourth-order valence-corrected chi connectivity index (χ4v) is 3.91. The first-order chi connectivity index (χ1) is 12.6. The number of anilines is 1. The number of likely N-dealkylation sites (tertiary alicyclic amines) is 1. The van der Waals surface area contributed by atoms with Crippen molar-refractivity contribution in [3.05, 3.63) is 52.8 Å². The first-order valence-corrected chi connectivity index (χ1v) is 9.75. The molecule has 4 nitrogen and oxygen atoms in total. The molecule has 1 saturated heterocycles. The number of hydrogen-bond acceptors (Lipinski definition) is 3. The summed E-state index contributed by atoms with van der Waals surface area (Å²) in [4.78, 5) is 7.47. The molecule has 1 aromatic carbocycles. The molecule has 0 aliphatic carbocycles. The normalized spacial score (nSPS) is 16.1. The Morgan fingerprint density at radius 2 is 1.85 bits per heavy atom. The molecule has 2 N–H and O–H groups in total. The molecule has 2 aromatic heterocycles. The summed E-state index contributed by atoms with van der Waals surface area (Å²) in [6, 6.07) is 10.1. The van der Waals surface area contributed by atoms with Crippen LogP contribution in [-0.4, -0.2) is 27.4 Å². The molecule has 0 atom stereocenters. The summed E-state index contributed by atoms with van der Waals surface area (Å²) in [6.45, 7) is 5.22. The van der Waals surface area contributed by atoms with Gasteiger partial charge in [0.1, 0.15) is 5.65 Å². The fraction of sp³-hybridized carbons (Fsp3) is 0.381. The van der Waals surface area contributed by atoms with Gasteiger partial charge in [-0.2, -0.15) is 0 Å². The average molecular weight is 369 g/mol. The van der Waals surface area contributed by atoms with E-state index >= 15 is 0 Å². The molecule has 3 heterocycles. The summed E-state index contributed by atoms with van der Waals surface area (Å²) in [5, 5.41) is 0.788. The standard InChI is InChI=1S/C21H25ClN4/c1-15-12-16(6-8-18(15)22)21-19(14-25-10-4-2-3-5-11-25)26-13-17(23)7-9-20(26)24-21/h6-9,12-13H,2-5,10-11,14,23H2,1H3. The van der Waals surface area contributed by atoms with Crippen molar-refractivity contribution in [2.75, 3.05) is 18.8 Å². The number of benzene rings is 1. The highest BCUT2D eigenvalue weighted by molar-refractivity contribution is 6.31. The third-order valence-electron chi connectivity index (χ3n) is 5.24. The van der Waals surface area contributed by atoms with Gasteiger partial charge in [-0.25, -0.2) is 4.98 Å². The van der Waals surface area contributed by atoms with Gasteiger partial charge < -0.3 is 10.1 Å². The third kappa shape index (κ3) is 3.44. The molecule has 3 aromatic rings. The summed E-state index contributed by atoms with van der Waals surface area (Å²) in [5.41, 5.74) is 12.2. The Bertz CT molecular complexity index is 923. The van der Waals surface area contributed by atoms with E-state index in [1.807, 2.05) is 31.3 Å². The number of hydrogen-bond donors (Lipinski definition) is 1. The molecule has 0 bridgehead atoms. The second kappa shape index (κ2) is 7.29. The van der Waals surface area contributed by atoms with Crippen molar-refractivity contribution in [3.8, 4) is 11.3 Å². The summed E-state index contributed by atoms with van der Waals surface area (Å²) in [6.07, 6.45) is 7.20. The van der Waals surface area contributed by atoms with E-state index < -0.39 is 0 Å². The van der Waals surface area contributed by atoms with Gasteiger partial charge in [-0.05, 0) is 62.7 Å². The maximum atomic E-state index is 6.23. The van der Waals surface area contributed by atoms with E-state index in [1.165, 1.54) is 31.4 Å². The number of nitrogens with zero attached hydrogens (tertiary/aromatic N) is 3. The summed E-state index contributed by atoms with van der Waals surface area (Å²) >= 11 is 6.23. The molecule has 0 radical (unpaired) electrons. The van der Waals surface area contributed by atoms with E-state index in [1.54, 1.807) is 0 Å². The van der Waals surface area contributed by atoms with Crippen molar-refractivity contribution >= 4 is 22.9 Å². The second-order valence-electron chi connectivity index (χ2n) is 7.25. The van der Waals surface area contributed by atoms with Crippen molar-refractivity contribution in [2.45, 2.75) is 39.2 Å². The second-order valence-corrected chi connectivity index (χ2v) is 7.66. The van der Waals surface area contributed by atoms with Gasteiger partial charge in [0.25, 0.3) is 0 Å². The molecule has 0 spiro atoms. The number of nitrogen functional groups attached to an aromatic ring is 1. The van der Waals surface area contributed by atoms with Gasteiger partial charge in [0.05, 0.1) is 11.4 Å². The quantitative estimate of drug-likeness (QED) is 0.713. The molecule has 0 amide bonds. The van der Waals surface area contributed by atoms with Gasteiger partial charge >= 0.3 is 0 Å². The van der Waals surface area contributed by atoms with Gasteiger partial charge in [-0.15, -0.1) is 0 Å². The zero-order chi connectivity index (χ0) is 18.1. The first-order valence-electron chi connectivity index (χ1n) is 9.37. The highest BCUT2D eigenvalue weighted by atomic mass is 35.5. The first kappa shape index (κ1) is 17.4. The van der Waals surface area contributed by atoms with Gasteiger partial charge in [0.2, 0.25) is 0 Å². The minimum atomic E-state index is 0.755. The summed E-state index contributed by atoms with van der Waals surface area (Å²) < 4.78 is 2.15. The number of aromatic nitrogens is 2. The van der Waals surface area contributed by atoms with Gasteiger partial charge in [-0.1, -0.05) is 30.5 Å². The van der Waals surface area contributed by atoms with Crippen LogP contribution in [0.3, 0.4) is 0 Å². The molecular formula is C21H25ClN4. The Hall–Kier alpha value is -2.04. The van der Waals surface area contributed by atoms with Gasteiger partial charge in [-0.3, -0.25) is 4.90 Å². The SMILES string of the molecule is Cc1cc(-c2nc3ccc(N)cn3c2CN2CCCCCC2)ccc1Cl. The van der Waals surface area contributed by atoms with Crippen molar-refractivity contribution in [1.29, 1.82) is 0 Å². The van der Waals surface area contributed by atoms with Crippen LogP contribution in [0.5, 0.6) is 0 Å². The van der Waals surface area contributed by atoms with Crippen molar-refractivity contribution in [3.63, 3.8) is 0 Å². The lowest BCUT2D eigenvalue weighted by atomic mass is 10.1. The zero-order valence-electron chi connectivity index (χ0n) is 15.2. The predicted octanol–water partition coefficient (Wildman–Crippen LogP) is 4.92. The Morgan fingerprint density at radius 3 is 2.58 bits per heavy atom. The Morgan fingerprint density at radius 1 is 1.08 bits per heavy atom. The van der Waals surface area contributed by atoms with Crippen LogP contribution in [0.15, 0.2) is 36.5 Å². The molecular weight excluding hydrogens is 344 g/mol. The summed E-state index contributed by atoms with van der Waals surface area (Å²) in [7, 11) is 0. The maximum Gasteiger partial charge on any atom is 0.137 e. The number of aryl methyl sites for hydroxylation is 1. The fourth-order valence-electron chi connectivity index (χ4n) is 3.79. The van der Waals surface area contributed by atoms with Crippen molar-refractivity contribution in [1.82, 2.24) is 14.3 Å². The summed E-state index contributed by atoms with van der Waals surface area (Å²) in [5.74, 6) is 0. The van der Waals surface area contributed by atoms with Gasteiger partial charge in [0.15, 0.2) is 0 Å². The lowest BCUT2D eigenvalue weighted by Gasteiger charge is -2.20. The van der Waals surface area contributed by atoms with E-state index in [-0.39, 0.29) is 0 Å². The molecule has 1 aliphatic heterocycles. The molecule has 136 valence electrons. The van der Waals surface area contributed by atoms with Crippen LogP contribution in [0.1, 0.15) is 36.9 Å². The molecule has 26 heavy (non-hydrogen) atoms. The molecule has 0 saturated carbocycles. The lowest BCUT2D eigenvalue weighted by molar-refractivity contribution is 0.273. The Labute approximate surface area is 159 Å². The molecule has 4 rings (SSSR count). The third-order valence-corrected chi connectivity index (χ3v) is 5.67. The maximum absolute atomic E-state index is 6.23. The topological polar surface area (TPSA) is 46.6 Å². The number of fused-ring (bicyclic) bond motifs is 1. The average Bonchev–Trinajstić information content (AvgIpc) is 2.80. The number of halogens is 1. The predicted molar refractivity (Wildman–Crippen MR) is 109 cm³/mol. The largest absolute Gasteiger partial charge is 0.398 e. The van der Waals surface area contributed by atoms with Crippen LogP contribution in [0.25, 0.3) is 16.9 Å². The van der Waals surface area contributed by atoms with Crippen LogP contribution in [-0.2, 0) is 6.54 Å². The van der Waals surface area contributed by atoms with Crippen molar-refractivity contribution < 1.29 is 0 Å². The van der Waals surface area contributed by atoms with E-state index in [0.29, 0.717) is 0 Å². The minimum absolute atomic E-state index is 0.755. The van der Waals surface area contributed by atoms with Crippen LogP contribution in [0.4, 0.5) is 5.69 Å². The molecule has 5 heteroatoms. The molecule has 1 fully saturated rings. The van der Waals surface area contributed by atoms with Gasteiger partial charge in [0, 0.05) is 29.0 Å². The zero-order valence-corrected chi connectivity index (χ0v) is 16.0. The molecule has 0 unspecified atom stereocenters. The van der Waals surface area contributed by atoms with Crippen LogP contribution in [0, 0.1) is 6.92 Å². The highest BCUT2D eigenvalue weighted by Gasteiger charge is 2.18. The van der Waals surface area contributed by atoms with E-state index in [0.717, 1.165) is 52.8 Å². The van der Waals surface area contributed by atoms with Crippen LogP contribution in [0.2, 0.25) is 5.02 Å². The monoisotopic (exact) mass is 368 g/mol. The van der Waals surface area contributed by atoms with Crippen molar-refractivity contribution in [2.24, 2.45) is 0 Å². The number of pyridine rings is 1. The number of rotatable bonds is 3. The molecule has 1 aliphatic rings. The highest BCUT2D eigenvalue weighted by Crippen LogP contribution is 2.29. The van der Waals surface area contributed by atoms with Crippen LogP contribution >= 0.6 is 11.6 Å². The van der Waals surface area contributed by atoms with Crippen LogP contribution < -0.4 is 5.73 Å². The lowest BCUT2D eigenvalue weighted by Crippen LogP contribution is -2.25. The Balaban J connectivity index is 1.81. The minimum Gasteiger partial charge on any atom is -0.398 e. The van der Waals surface area contributed by atoms with E-state index in [2.05, 4.69) is 21.4 Å². The van der Waals surface area contributed by atoms with E-state index in [4.69, 9.17) is 22.3 Å². The number of imidazole rings is 1.